The summed E-state index contributed by atoms with van der Waals surface area (Å²) >= 11 is 0. The highest BCUT2D eigenvalue weighted by atomic mass is 14.9. The van der Waals surface area contributed by atoms with Crippen LogP contribution in [0.25, 0.3) is 0 Å². The largest absolute Gasteiger partial charge is 0.326 e. The molecule has 1 rings (SSSR count). The second-order valence-electron chi connectivity index (χ2n) is 3.06. The molecule has 1 aliphatic rings. The molecule has 60 valence electrons. The Labute approximate surface area is 60.9 Å². The average Bonchev–Trinajstić information content (AvgIpc) is 1.93. The third kappa shape index (κ3) is 1.29. The summed E-state index contributed by atoms with van der Waals surface area (Å²) in [5, 5.41) is 0. The number of hydrogen-bond donors (Lipinski definition) is 4. The molecule has 1 aliphatic carbocycles. The summed E-state index contributed by atoms with van der Waals surface area (Å²) < 4.78 is 0. The van der Waals surface area contributed by atoms with Gasteiger partial charge < -0.3 is 22.9 Å². The first kappa shape index (κ1) is 7.94. The molecule has 0 heterocycles. The van der Waals surface area contributed by atoms with Crippen molar-refractivity contribution < 1.29 is 0 Å². The molecule has 0 amide bonds. The standard InChI is InChI=1S/C6H16N4/c7-3-1-2-4(8)6(10)5(3)9/h3-6H,1-2,7-10H2. The quantitative estimate of drug-likeness (QED) is 0.318. The highest BCUT2D eigenvalue weighted by Gasteiger charge is 2.30. The van der Waals surface area contributed by atoms with Gasteiger partial charge >= 0.3 is 0 Å². The monoisotopic (exact) mass is 144 g/mol. The van der Waals surface area contributed by atoms with Crippen molar-refractivity contribution in [1.29, 1.82) is 0 Å². The Balaban J connectivity index is 2.52. The van der Waals surface area contributed by atoms with Crippen LogP contribution in [-0.2, 0) is 0 Å². The molecule has 1 fully saturated rings. The molecule has 4 heteroatoms. The van der Waals surface area contributed by atoms with Crippen molar-refractivity contribution >= 4 is 0 Å². The van der Waals surface area contributed by atoms with Crippen LogP contribution in [0.5, 0.6) is 0 Å². The molecular weight excluding hydrogens is 128 g/mol. The fourth-order valence-electron chi connectivity index (χ4n) is 1.34. The van der Waals surface area contributed by atoms with Gasteiger partial charge in [-0.05, 0) is 12.8 Å². The zero-order valence-corrected chi connectivity index (χ0v) is 6.03. The van der Waals surface area contributed by atoms with Gasteiger partial charge in [0.1, 0.15) is 0 Å². The highest BCUT2D eigenvalue weighted by molar-refractivity contribution is 4.96. The second-order valence-corrected chi connectivity index (χ2v) is 3.06. The van der Waals surface area contributed by atoms with Crippen molar-refractivity contribution in [3.05, 3.63) is 0 Å². The molecule has 0 spiro atoms. The predicted octanol–water partition coefficient (Wildman–Crippen LogP) is -1.91. The van der Waals surface area contributed by atoms with Gasteiger partial charge in [0.15, 0.2) is 0 Å². The zero-order valence-electron chi connectivity index (χ0n) is 6.03. The minimum atomic E-state index is -0.122. The van der Waals surface area contributed by atoms with Gasteiger partial charge in [0.2, 0.25) is 0 Å². The number of hydrogen-bond acceptors (Lipinski definition) is 4. The van der Waals surface area contributed by atoms with Crippen LogP contribution >= 0.6 is 0 Å². The second kappa shape index (κ2) is 2.84. The summed E-state index contributed by atoms with van der Waals surface area (Å²) in [6.45, 7) is 0. The predicted molar refractivity (Wildman–Crippen MR) is 41.1 cm³/mol. The zero-order chi connectivity index (χ0) is 7.72. The van der Waals surface area contributed by atoms with Gasteiger partial charge in [0, 0.05) is 24.2 Å². The summed E-state index contributed by atoms with van der Waals surface area (Å²) in [5.41, 5.74) is 22.7. The molecule has 1 saturated carbocycles. The summed E-state index contributed by atoms with van der Waals surface area (Å²) in [7, 11) is 0. The first-order valence-corrected chi connectivity index (χ1v) is 3.65. The van der Waals surface area contributed by atoms with Crippen LogP contribution < -0.4 is 22.9 Å². The van der Waals surface area contributed by atoms with E-state index in [-0.39, 0.29) is 24.2 Å². The molecule has 0 bridgehead atoms. The first-order valence-electron chi connectivity index (χ1n) is 3.65. The molecular formula is C6H16N4. The SMILES string of the molecule is NC1CCC(N)C(N)C1N. The third-order valence-electron chi connectivity index (χ3n) is 2.27. The molecule has 0 aromatic carbocycles. The Kier molecular flexibility index (Phi) is 2.25. The topological polar surface area (TPSA) is 104 Å². The van der Waals surface area contributed by atoms with E-state index in [1.807, 2.05) is 0 Å². The van der Waals surface area contributed by atoms with E-state index in [1.165, 1.54) is 0 Å². The van der Waals surface area contributed by atoms with Crippen molar-refractivity contribution in [3.8, 4) is 0 Å². The van der Waals surface area contributed by atoms with Crippen LogP contribution in [0.15, 0.2) is 0 Å². The van der Waals surface area contributed by atoms with Crippen LogP contribution in [0.2, 0.25) is 0 Å². The van der Waals surface area contributed by atoms with Gasteiger partial charge in [0.25, 0.3) is 0 Å². The molecule has 0 aromatic heterocycles. The van der Waals surface area contributed by atoms with Gasteiger partial charge in [-0.2, -0.15) is 0 Å². The van der Waals surface area contributed by atoms with E-state index in [9.17, 15) is 0 Å². The third-order valence-corrected chi connectivity index (χ3v) is 2.27. The molecule has 0 saturated heterocycles. The molecule has 4 atom stereocenters. The van der Waals surface area contributed by atoms with Gasteiger partial charge in [-0.3, -0.25) is 0 Å². The minimum absolute atomic E-state index is 0.0369. The molecule has 0 aromatic rings. The van der Waals surface area contributed by atoms with Crippen molar-refractivity contribution in [2.75, 3.05) is 0 Å². The smallest absolute Gasteiger partial charge is 0.0361 e. The van der Waals surface area contributed by atoms with Crippen molar-refractivity contribution in [2.45, 2.75) is 37.0 Å². The van der Waals surface area contributed by atoms with E-state index < -0.39 is 0 Å². The molecule has 10 heavy (non-hydrogen) atoms. The summed E-state index contributed by atoms with van der Waals surface area (Å²) in [6.07, 6.45) is 1.80. The fourth-order valence-corrected chi connectivity index (χ4v) is 1.34. The van der Waals surface area contributed by atoms with Gasteiger partial charge in [-0.25, -0.2) is 0 Å². The van der Waals surface area contributed by atoms with Gasteiger partial charge in [-0.1, -0.05) is 0 Å². The van der Waals surface area contributed by atoms with Crippen LogP contribution in [-0.4, -0.2) is 24.2 Å². The molecule has 0 aliphatic heterocycles. The molecule has 0 radical (unpaired) electrons. The summed E-state index contributed by atoms with van der Waals surface area (Å²) in [5.74, 6) is 0. The normalized spacial score (nSPS) is 49.2. The lowest BCUT2D eigenvalue weighted by Crippen LogP contribution is -2.63. The van der Waals surface area contributed by atoms with Crippen molar-refractivity contribution in [2.24, 2.45) is 22.9 Å². The summed E-state index contributed by atoms with van der Waals surface area (Å²) in [4.78, 5) is 0. The van der Waals surface area contributed by atoms with Crippen molar-refractivity contribution in [1.82, 2.24) is 0 Å². The van der Waals surface area contributed by atoms with E-state index >= 15 is 0 Å². The molecule has 8 N–H and O–H groups in total. The summed E-state index contributed by atoms with van der Waals surface area (Å²) in [6, 6.07) is -0.169. The maximum Gasteiger partial charge on any atom is 0.0361 e. The Bertz CT molecular complexity index is 102. The Morgan fingerprint density at radius 2 is 1.00 bits per heavy atom. The minimum Gasteiger partial charge on any atom is -0.326 e. The highest BCUT2D eigenvalue weighted by Crippen LogP contribution is 2.13. The van der Waals surface area contributed by atoms with Crippen LogP contribution in [0.3, 0.4) is 0 Å². The van der Waals surface area contributed by atoms with E-state index in [1.54, 1.807) is 0 Å². The van der Waals surface area contributed by atoms with Crippen molar-refractivity contribution in [3.63, 3.8) is 0 Å². The lowest BCUT2D eigenvalue weighted by atomic mass is 9.84. The molecule has 4 unspecified atom stereocenters. The fraction of sp³-hybridized carbons (Fsp3) is 1.00. The Hall–Kier alpha value is -0.160. The Morgan fingerprint density at radius 1 is 0.700 bits per heavy atom. The van der Waals surface area contributed by atoms with E-state index in [2.05, 4.69) is 0 Å². The average molecular weight is 144 g/mol. The molecule has 4 nitrogen and oxygen atoms in total. The number of rotatable bonds is 0. The van der Waals surface area contributed by atoms with Crippen LogP contribution in [0.4, 0.5) is 0 Å². The maximum absolute atomic E-state index is 5.68. The van der Waals surface area contributed by atoms with Crippen LogP contribution in [0, 0.1) is 0 Å². The maximum atomic E-state index is 5.68. The van der Waals surface area contributed by atoms with E-state index in [0.717, 1.165) is 12.8 Å². The number of nitrogens with two attached hydrogens (primary N) is 4. The van der Waals surface area contributed by atoms with E-state index in [4.69, 9.17) is 22.9 Å². The van der Waals surface area contributed by atoms with Crippen LogP contribution in [0.1, 0.15) is 12.8 Å². The lowest BCUT2D eigenvalue weighted by Gasteiger charge is -2.35. The first-order chi connectivity index (χ1) is 4.63. The lowest BCUT2D eigenvalue weighted by molar-refractivity contribution is 0.303. The van der Waals surface area contributed by atoms with E-state index in [0.29, 0.717) is 0 Å². The van der Waals surface area contributed by atoms with Gasteiger partial charge in [0.05, 0.1) is 0 Å². The van der Waals surface area contributed by atoms with Gasteiger partial charge in [-0.15, -0.1) is 0 Å². The Morgan fingerprint density at radius 3 is 1.30 bits per heavy atom.